The summed E-state index contributed by atoms with van der Waals surface area (Å²) in [5, 5.41) is 7.50. The summed E-state index contributed by atoms with van der Waals surface area (Å²) in [6, 6.07) is 5.82. The molecule has 20 heavy (non-hydrogen) atoms. The average molecular weight is 344 g/mol. The third kappa shape index (κ3) is 5.11. The fourth-order valence-electron chi connectivity index (χ4n) is 1.89. The first-order valence-electron chi connectivity index (χ1n) is 6.47. The molecule has 1 aromatic rings. The summed E-state index contributed by atoms with van der Waals surface area (Å²) in [5.74, 6) is 0.0613. The molecular formula is C14H22BrN3O2. The van der Waals surface area contributed by atoms with Crippen molar-refractivity contribution in [2.24, 2.45) is 5.73 Å². The molecule has 0 aliphatic carbocycles. The van der Waals surface area contributed by atoms with Crippen LogP contribution in [0.25, 0.3) is 0 Å². The molecule has 0 spiro atoms. The number of halogens is 1. The number of nitrogen functional groups attached to an aromatic ring is 1. The first-order chi connectivity index (χ1) is 9.60. The first kappa shape index (κ1) is 16.9. The molecule has 0 aliphatic rings. The van der Waals surface area contributed by atoms with E-state index < -0.39 is 0 Å². The van der Waals surface area contributed by atoms with E-state index in [1.165, 1.54) is 0 Å². The molecular weight excluding hydrogens is 322 g/mol. The van der Waals surface area contributed by atoms with Crippen molar-refractivity contribution in [2.45, 2.75) is 6.42 Å². The second kappa shape index (κ2) is 8.94. The van der Waals surface area contributed by atoms with Crippen LogP contribution in [-0.2, 0) is 9.47 Å². The number of ether oxygens (including phenoxy) is 2. The molecule has 3 N–H and O–H groups in total. The van der Waals surface area contributed by atoms with Crippen molar-refractivity contribution >= 4 is 27.5 Å². The van der Waals surface area contributed by atoms with Crippen molar-refractivity contribution in [3.63, 3.8) is 0 Å². The van der Waals surface area contributed by atoms with Crippen LogP contribution in [0.5, 0.6) is 0 Å². The minimum absolute atomic E-state index is 0.0613. The molecule has 0 aromatic heterocycles. The summed E-state index contributed by atoms with van der Waals surface area (Å²) >= 11 is 3.46. The highest BCUT2D eigenvalue weighted by molar-refractivity contribution is 9.10. The third-order valence-electron chi connectivity index (χ3n) is 2.95. The summed E-state index contributed by atoms with van der Waals surface area (Å²) in [5.41, 5.74) is 7.31. The Morgan fingerprint density at radius 3 is 2.50 bits per heavy atom. The molecule has 0 unspecified atom stereocenters. The lowest BCUT2D eigenvalue weighted by Gasteiger charge is -2.25. The van der Waals surface area contributed by atoms with E-state index in [-0.39, 0.29) is 5.84 Å². The van der Waals surface area contributed by atoms with E-state index in [4.69, 9.17) is 20.6 Å². The van der Waals surface area contributed by atoms with Gasteiger partial charge in [-0.1, -0.05) is 0 Å². The number of rotatable bonds is 9. The Kier molecular flexibility index (Phi) is 7.58. The molecule has 0 radical (unpaired) electrons. The minimum atomic E-state index is 0.0613. The Morgan fingerprint density at radius 1 is 1.25 bits per heavy atom. The highest BCUT2D eigenvalue weighted by atomic mass is 79.9. The van der Waals surface area contributed by atoms with Gasteiger partial charge >= 0.3 is 0 Å². The molecule has 0 bridgehead atoms. The van der Waals surface area contributed by atoms with Crippen molar-refractivity contribution < 1.29 is 9.47 Å². The number of benzene rings is 1. The van der Waals surface area contributed by atoms with Gasteiger partial charge in [-0.3, -0.25) is 5.41 Å². The maximum atomic E-state index is 7.50. The van der Waals surface area contributed by atoms with Crippen LogP contribution in [0, 0.1) is 5.41 Å². The summed E-state index contributed by atoms with van der Waals surface area (Å²) in [4.78, 5) is 2.23. The highest BCUT2D eigenvalue weighted by Gasteiger charge is 2.10. The number of amidine groups is 1. The number of hydrogen-bond acceptors (Lipinski definition) is 4. The molecule has 0 heterocycles. The summed E-state index contributed by atoms with van der Waals surface area (Å²) in [7, 11) is 3.40. The highest BCUT2D eigenvalue weighted by Crippen LogP contribution is 2.24. The van der Waals surface area contributed by atoms with Gasteiger partial charge < -0.3 is 20.1 Å². The number of nitrogens with two attached hydrogens (primary N) is 1. The maximum absolute atomic E-state index is 7.50. The summed E-state index contributed by atoms with van der Waals surface area (Å²) in [6.07, 6.45) is 0.951. The monoisotopic (exact) mass is 343 g/mol. The van der Waals surface area contributed by atoms with E-state index in [0.717, 1.165) is 36.3 Å². The minimum Gasteiger partial charge on any atom is -0.385 e. The van der Waals surface area contributed by atoms with Crippen molar-refractivity contribution in [1.82, 2.24) is 0 Å². The van der Waals surface area contributed by atoms with Gasteiger partial charge in [0.05, 0.1) is 6.61 Å². The van der Waals surface area contributed by atoms with E-state index in [1.807, 2.05) is 18.2 Å². The van der Waals surface area contributed by atoms with Gasteiger partial charge in [0.25, 0.3) is 0 Å². The van der Waals surface area contributed by atoms with Crippen LogP contribution >= 0.6 is 15.9 Å². The van der Waals surface area contributed by atoms with Crippen LogP contribution in [0.1, 0.15) is 12.0 Å². The van der Waals surface area contributed by atoms with Gasteiger partial charge in [-0.15, -0.1) is 0 Å². The summed E-state index contributed by atoms with van der Waals surface area (Å²) in [6.45, 7) is 3.10. The molecule has 0 atom stereocenters. The van der Waals surface area contributed by atoms with E-state index in [0.29, 0.717) is 12.2 Å². The molecule has 0 aliphatic heterocycles. The van der Waals surface area contributed by atoms with Crippen LogP contribution in [0.15, 0.2) is 22.7 Å². The Hall–Kier alpha value is -1.11. The van der Waals surface area contributed by atoms with Gasteiger partial charge in [-0.05, 0) is 40.5 Å². The predicted octanol–water partition coefficient (Wildman–Crippen LogP) is 2.22. The lowest BCUT2D eigenvalue weighted by Crippen LogP contribution is -2.29. The lowest BCUT2D eigenvalue weighted by atomic mass is 10.1. The molecule has 0 saturated carbocycles. The van der Waals surface area contributed by atoms with Crippen molar-refractivity contribution in [3.8, 4) is 0 Å². The SMILES string of the molecule is COCCCN(CCOC)c1ccc(C(=N)N)c(Br)c1. The van der Waals surface area contributed by atoms with Crippen LogP contribution in [-0.4, -0.2) is 46.4 Å². The van der Waals surface area contributed by atoms with E-state index in [2.05, 4.69) is 20.8 Å². The molecule has 6 heteroatoms. The van der Waals surface area contributed by atoms with Gasteiger partial charge in [0, 0.05) is 49.6 Å². The maximum Gasteiger partial charge on any atom is 0.123 e. The van der Waals surface area contributed by atoms with Gasteiger partial charge in [0.1, 0.15) is 5.84 Å². The molecule has 5 nitrogen and oxygen atoms in total. The van der Waals surface area contributed by atoms with Crippen LogP contribution < -0.4 is 10.6 Å². The van der Waals surface area contributed by atoms with E-state index in [9.17, 15) is 0 Å². The number of anilines is 1. The Bertz CT molecular complexity index is 440. The molecule has 112 valence electrons. The van der Waals surface area contributed by atoms with E-state index in [1.54, 1.807) is 14.2 Å². The van der Waals surface area contributed by atoms with Crippen LogP contribution in [0.2, 0.25) is 0 Å². The quantitative estimate of drug-likeness (QED) is 0.409. The second-order valence-electron chi connectivity index (χ2n) is 4.40. The molecule has 0 fully saturated rings. The number of hydrogen-bond donors (Lipinski definition) is 2. The zero-order valence-corrected chi connectivity index (χ0v) is 13.6. The second-order valence-corrected chi connectivity index (χ2v) is 5.26. The normalized spacial score (nSPS) is 10.6. The Labute approximate surface area is 128 Å². The summed E-state index contributed by atoms with van der Waals surface area (Å²) < 4.78 is 11.1. The molecule has 0 saturated heterocycles. The largest absolute Gasteiger partial charge is 0.385 e. The first-order valence-corrected chi connectivity index (χ1v) is 7.26. The fourth-order valence-corrected chi connectivity index (χ4v) is 2.47. The van der Waals surface area contributed by atoms with Crippen LogP contribution in [0.3, 0.4) is 0 Å². The Morgan fingerprint density at radius 2 is 1.95 bits per heavy atom. The number of nitrogens with zero attached hydrogens (tertiary/aromatic N) is 1. The molecule has 1 aromatic carbocycles. The van der Waals surface area contributed by atoms with Crippen molar-refractivity contribution in [3.05, 3.63) is 28.2 Å². The lowest BCUT2D eigenvalue weighted by molar-refractivity contribution is 0.191. The number of methoxy groups -OCH3 is 2. The van der Waals surface area contributed by atoms with Crippen LogP contribution in [0.4, 0.5) is 5.69 Å². The van der Waals surface area contributed by atoms with Gasteiger partial charge in [0.2, 0.25) is 0 Å². The number of nitrogens with one attached hydrogen (secondary N) is 1. The van der Waals surface area contributed by atoms with Gasteiger partial charge in [-0.25, -0.2) is 0 Å². The smallest absolute Gasteiger partial charge is 0.123 e. The van der Waals surface area contributed by atoms with E-state index >= 15 is 0 Å². The van der Waals surface area contributed by atoms with Gasteiger partial charge in [-0.2, -0.15) is 0 Å². The Balaban J connectivity index is 2.83. The van der Waals surface area contributed by atoms with Crippen molar-refractivity contribution in [2.75, 3.05) is 45.4 Å². The predicted molar refractivity (Wildman–Crippen MR) is 85.7 cm³/mol. The topological polar surface area (TPSA) is 71.6 Å². The molecule has 1 rings (SSSR count). The van der Waals surface area contributed by atoms with Crippen molar-refractivity contribution in [1.29, 1.82) is 5.41 Å². The average Bonchev–Trinajstić information content (AvgIpc) is 2.42. The third-order valence-corrected chi connectivity index (χ3v) is 3.61. The molecule has 0 amide bonds. The standard InChI is InChI=1S/C14H22BrN3O2/c1-19-8-3-6-18(7-9-20-2)11-4-5-12(14(16)17)13(15)10-11/h4-5,10H,3,6-9H2,1-2H3,(H3,16,17). The zero-order chi connectivity index (χ0) is 15.0. The van der Waals surface area contributed by atoms with Gasteiger partial charge in [0.15, 0.2) is 0 Å². The zero-order valence-electron chi connectivity index (χ0n) is 12.0. The fraction of sp³-hybridized carbons (Fsp3) is 0.500.